The molecular formula is C22H14Cl3N3O4. The molecule has 0 saturated heterocycles. The number of ether oxygens (including phenoxy) is 1. The molecule has 0 radical (unpaired) electrons. The van der Waals surface area contributed by atoms with Gasteiger partial charge < -0.3 is 14.6 Å². The van der Waals surface area contributed by atoms with Crippen LogP contribution in [0.4, 0.5) is 5.69 Å². The number of anilines is 1. The number of hydrogen-bond donors (Lipinski definition) is 1. The Morgan fingerprint density at radius 1 is 1.06 bits per heavy atom. The highest BCUT2D eigenvalue weighted by atomic mass is 35.5. The molecular weight excluding hydrogens is 477 g/mol. The summed E-state index contributed by atoms with van der Waals surface area (Å²) in [4.78, 5) is 29.6. The van der Waals surface area contributed by atoms with Crippen molar-refractivity contribution in [2.45, 2.75) is 6.92 Å². The number of carbonyl (C=O) groups is 2. The van der Waals surface area contributed by atoms with E-state index in [2.05, 4.69) is 15.5 Å². The summed E-state index contributed by atoms with van der Waals surface area (Å²) in [5.41, 5.74) is 2.31. The highest BCUT2D eigenvalue weighted by Gasteiger charge is 2.21. The summed E-state index contributed by atoms with van der Waals surface area (Å²) in [6.07, 6.45) is 0. The molecule has 162 valence electrons. The van der Waals surface area contributed by atoms with Gasteiger partial charge in [0.05, 0.1) is 38.1 Å². The van der Waals surface area contributed by atoms with Crippen molar-refractivity contribution in [3.63, 3.8) is 0 Å². The summed E-state index contributed by atoms with van der Waals surface area (Å²) in [7, 11) is 0. The van der Waals surface area contributed by atoms with E-state index in [1.807, 2.05) is 30.3 Å². The zero-order valence-electron chi connectivity index (χ0n) is 16.5. The van der Waals surface area contributed by atoms with E-state index in [0.717, 1.165) is 5.56 Å². The maximum atomic E-state index is 12.9. The second-order valence-electron chi connectivity index (χ2n) is 6.74. The number of nitrogens with one attached hydrogen (secondary N) is 1. The van der Waals surface area contributed by atoms with Gasteiger partial charge in [0.2, 0.25) is 0 Å². The Hall–Kier alpha value is -3.13. The van der Waals surface area contributed by atoms with Gasteiger partial charge in [0, 0.05) is 10.6 Å². The van der Waals surface area contributed by atoms with Crippen molar-refractivity contribution in [2.24, 2.45) is 0 Å². The minimum Gasteiger partial charge on any atom is -0.452 e. The van der Waals surface area contributed by atoms with Crippen LogP contribution < -0.4 is 5.32 Å². The Morgan fingerprint density at radius 3 is 2.44 bits per heavy atom. The van der Waals surface area contributed by atoms with Crippen LogP contribution in [0, 0.1) is 6.92 Å². The number of esters is 1. The van der Waals surface area contributed by atoms with Gasteiger partial charge in [-0.05, 0) is 25.1 Å². The number of hydrogen-bond acceptors (Lipinski definition) is 6. The normalized spacial score (nSPS) is 10.9. The molecule has 0 fully saturated rings. The van der Waals surface area contributed by atoms with Gasteiger partial charge in [0.1, 0.15) is 0 Å². The fraction of sp³-hybridized carbons (Fsp3) is 0.0909. The number of amides is 1. The third kappa shape index (κ3) is 4.55. The minimum absolute atomic E-state index is 0.158. The van der Waals surface area contributed by atoms with Crippen molar-refractivity contribution in [3.8, 4) is 11.3 Å². The van der Waals surface area contributed by atoms with Crippen LogP contribution in [0.5, 0.6) is 0 Å². The van der Waals surface area contributed by atoms with Crippen molar-refractivity contribution in [3.05, 3.63) is 74.9 Å². The van der Waals surface area contributed by atoms with Crippen LogP contribution >= 0.6 is 34.8 Å². The SMILES string of the molecule is Cc1noc2nc(-c3ccccc3)cc(C(=O)OCC(=O)Nc3c(Cl)cc(Cl)cc3Cl)c12. The molecule has 1 amide bonds. The molecule has 0 aliphatic carbocycles. The average Bonchev–Trinajstić information content (AvgIpc) is 3.15. The first-order valence-corrected chi connectivity index (χ1v) is 10.4. The molecule has 10 heteroatoms. The van der Waals surface area contributed by atoms with Gasteiger partial charge >= 0.3 is 5.97 Å². The number of carbonyl (C=O) groups excluding carboxylic acids is 2. The number of aryl methyl sites for hydroxylation is 1. The van der Waals surface area contributed by atoms with Gasteiger partial charge in [-0.25, -0.2) is 9.78 Å². The third-order valence-corrected chi connectivity index (χ3v) is 5.33. The molecule has 2 aromatic carbocycles. The largest absolute Gasteiger partial charge is 0.452 e. The third-order valence-electron chi connectivity index (χ3n) is 4.51. The minimum atomic E-state index is -0.732. The Bertz CT molecular complexity index is 1320. The summed E-state index contributed by atoms with van der Waals surface area (Å²) in [5.74, 6) is -1.36. The smallest absolute Gasteiger partial charge is 0.339 e. The Morgan fingerprint density at radius 2 is 1.75 bits per heavy atom. The van der Waals surface area contributed by atoms with Crippen LogP contribution in [-0.4, -0.2) is 28.6 Å². The molecule has 32 heavy (non-hydrogen) atoms. The molecule has 0 atom stereocenters. The molecule has 4 aromatic rings. The first kappa shape index (κ1) is 22.1. The summed E-state index contributed by atoms with van der Waals surface area (Å²) in [6.45, 7) is 1.12. The summed E-state index contributed by atoms with van der Waals surface area (Å²) in [6, 6.07) is 13.7. The molecule has 0 aliphatic rings. The lowest BCUT2D eigenvalue weighted by molar-refractivity contribution is -0.119. The lowest BCUT2D eigenvalue weighted by Gasteiger charge is -2.11. The van der Waals surface area contributed by atoms with E-state index in [0.29, 0.717) is 21.8 Å². The van der Waals surface area contributed by atoms with Crippen molar-refractivity contribution in [2.75, 3.05) is 11.9 Å². The fourth-order valence-corrected chi connectivity index (χ4v) is 3.97. The molecule has 0 aliphatic heterocycles. The summed E-state index contributed by atoms with van der Waals surface area (Å²) >= 11 is 18.0. The topological polar surface area (TPSA) is 94.3 Å². The van der Waals surface area contributed by atoms with E-state index in [-0.39, 0.29) is 27.0 Å². The maximum absolute atomic E-state index is 12.9. The molecule has 0 spiro atoms. The molecule has 7 nitrogen and oxygen atoms in total. The summed E-state index contributed by atoms with van der Waals surface area (Å²) < 4.78 is 10.5. The van der Waals surface area contributed by atoms with E-state index in [1.165, 1.54) is 12.1 Å². The van der Waals surface area contributed by atoms with Crippen LogP contribution in [0.3, 0.4) is 0 Å². The van der Waals surface area contributed by atoms with Crippen LogP contribution in [-0.2, 0) is 9.53 Å². The highest BCUT2D eigenvalue weighted by molar-refractivity contribution is 6.42. The number of aromatic nitrogens is 2. The quantitative estimate of drug-likeness (QED) is 0.347. The van der Waals surface area contributed by atoms with E-state index in [1.54, 1.807) is 13.0 Å². The number of rotatable bonds is 5. The van der Waals surface area contributed by atoms with Gasteiger partial charge in [-0.1, -0.05) is 70.3 Å². The lowest BCUT2D eigenvalue weighted by atomic mass is 10.1. The van der Waals surface area contributed by atoms with Crippen LogP contribution in [0.1, 0.15) is 16.1 Å². The molecule has 4 rings (SSSR count). The Labute approximate surface area is 197 Å². The van der Waals surface area contributed by atoms with Crippen molar-refractivity contribution in [1.29, 1.82) is 0 Å². The van der Waals surface area contributed by atoms with E-state index >= 15 is 0 Å². The average molecular weight is 491 g/mol. The first-order valence-electron chi connectivity index (χ1n) is 9.27. The zero-order valence-corrected chi connectivity index (χ0v) is 18.8. The molecule has 1 N–H and O–H groups in total. The van der Waals surface area contributed by atoms with Gasteiger partial charge in [0.15, 0.2) is 6.61 Å². The van der Waals surface area contributed by atoms with Gasteiger partial charge in [-0.2, -0.15) is 0 Å². The van der Waals surface area contributed by atoms with Gasteiger partial charge in [-0.15, -0.1) is 0 Å². The van der Waals surface area contributed by atoms with Gasteiger partial charge in [-0.3, -0.25) is 4.79 Å². The van der Waals surface area contributed by atoms with Crippen LogP contribution in [0.25, 0.3) is 22.4 Å². The van der Waals surface area contributed by atoms with Gasteiger partial charge in [0.25, 0.3) is 11.6 Å². The molecule has 0 bridgehead atoms. The monoisotopic (exact) mass is 489 g/mol. The van der Waals surface area contributed by atoms with Crippen molar-refractivity contribution >= 4 is 63.5 Å². The summed E-state index contributed by atoms with van der Waals surface area (Å²) in [5, 5.41) is 7.45. The predicted molar refractivity (Wildman–Crippen MR) is 122 cm³/mol. The Kier molecular flexibility index (Phi) is 6.32. The maximum Gasteiger partial charge on any atom is 0.339 e. The predicted octanol–water partition coefficient (Wildman–Crippen LogP) is 5.95. The molecule has 0 unspecified atom stereocenters. The number of pyridine rings is 1. The van der Waals surface area contributed by atoms with Crippen molar-refractivity contribution < 1.29 is 18.8 Å². The standard InChI is InChI=1S/C22H14Cl3N3O4/c1-11-19-14(9-17(26-21(19)32-28-11)12-5-3-2-4-6-12)22(30)31-10-18(29)27-20-15(24)7-13(23)8-16(20)25/h2-9H,10H2,1H3,(H,27,29). The van der Waals surface area contributed by atoms with Crippen LogP contribution in [0.2, 0.25) is 15.1 Å². The Balaban J connectivity index is 1.56. The zero-order chi connectivity index (χ0) is 22.8. The second kappa shape index (κ2) is 9.16. The first-order chi connectivity index (χ1) is 15.3. The molecule has 2 heterocycles. The van der Waals surface area contributed by atoms with Crippen LogP contribution in [0.15, 0.2) is 53.1 Å². The number of benzene rings is 2. The van der Waals surface area contributed by atoms with E-state index in [4.69, 9.17) is 44.1 Å². The van der Waals surface area contributed by atoms with Crippen molar-refractivity contribution in [1.82, 2.24) is 10.1 Å². The van der Waals surface area contributed by atoms with E-state index in [9.17, 15) is 9.59 Å². The highest BCUT2D eigenvalue weighted by Crippen LogP contribution is 2.33. The number of nitrogens with zero attached hydrogens (tertiary/aromatic N) is 2. The molecule has 0 saturated carbocycles. The second-order valence-corrected chi connectivity index (χ2v) is 7.99. The molecule has 2 aromatic heterocycles. The number of fused-ring (bicyclic) bond motifs is 1. The fourth-order valence-electron chi connectivity index (χ4n) is 3.06. The lowest BCUT2D eigenvalue weighted by Crippen LogP contribution is -2.21. The van der Waals surface area contributed by atoms with E-state index < -0.39 is 18.5 Å². The number of halogens is 3.